The summed E-state index contributed by atoms with van der Waals surface area (Å²) in [6, 6.07) is -1.10. The van der Waals surface area contributed by atoms with Crippen molar-refractivity contribution in [2.75, 3.05) is 19.6 Å². The van der Waals surface area contributed by atoms with Gasteiger partial charge in [-0.25, -0.2) is 0 Å². The van der Waals surface area contributed by atoms with Crippen LogP contribution in [0.5, 0.6) is 0 Å². The van der Waals surface area contributed by atoms with Crippen LogP contribution in [0.25, 0.3) is 0 Å². The van der Waals surface area contributed by atoms with Crippen molar-refractivity contribution in [2.45, 2.75) is 43.9 Å². The number of hydrogen-bond donors (Lipinski definition) is 1. The molecule has 0 radical (unpaired) electrons. The molecule has 0 aromatic carbocycles. The van der Waals surface area contributed by atoms with Gasteiger partial charge in [-0.2, -0.15) is 13.2 Å². The number of rotatable bonds is 1. The Morgan fingerprint density at radius 1 is 1.13 bits per heavy atom. The van der Waals surface area contributed by atoms with E-state index >= 15 is 0 Å². The van der Waals surface area contributed by atoms with Crippen molar-refractivity contribution in [1.29, 1.82) is 0 Å². The van der Waals surface area contributed by atoms with Gasteiger partial charge in [0.25, 0.3) is 0 Å². The van der Waals surface area contributed by atoms with Crippen LogP contribution < -0.4 is 5.32 Å². The van der Waals surface area contributed by atoms with Crippen LogP contribution in [0.4, 0.5) is 13.2 Å². The average molecular weight is 222 g/mol. The van der Waals surface area contributed by atoms with E-state index in [2.05, 4.69) is 5.32 Å². The first-order chi connectivity index (χ1) is 7.09. The number of halogens is 3. The summed E-state index contributed by atoms with van der Waals surface area (Å²) in [6.07, 6.45) is -0.311. The summed E-state index contributed by atoms with van der Waals surface area (Å²) in [6.45, 7) is 1.34. The Hall–Kier alpha value is -0.290. The molecule has 0 bridgehead atoms. The Morgan fingerprint density at radius 2 is 1.87 bits per heavy atom. The minimum absolute atomic E-state index is 0.0556. The van der Waals surface area contributed by atoms with Gasteiger partial charge in [0.05, 0.1) is 0 Å². The summed E-state index contributed by atoms with van der Waals surface area (Å²) in [5, 5.41) is 2.88. The molecule has 1 heterocycles. The molecule has 1 N–H and O–H groups in total. The van der Waals surface area contributed by atoms with Crippen LogP contribution in [0.3, 0.4) is 0 Å². The van der Waals surface area contributed by atoms with Crippen LogP contribution in [0, 0.1) is 0 Å². The third-order valence-corrected chi connectivity index (χ3v) is 3.43. The van der Waals surface area contributed by atoms with E-state index in [4.69, 9.17) is 0 Å². The predicted octanol–water partition coefficient (Wildman–Crippen LogP) is 1.77. The highest BCUT2D eigenvalue weighted by molar-refractivity contribution is 4.91. The normalized spacial score (nSPS) is 31.0. The molecule has 15 heavy (non-hydrogen) atoms. The molecule has 0 spiro atoms. The Bertz CT molecular complexity index is 213. The molecule has 0 amide bonds. The van der Waals surface area contributed by atoms with E-state index in [0.29, 0.717) is 13.1 Å². The topological polar surface area (TPSA) is 15.3 Å². The lowest BCUT2D eigenvalue weighted by Crippen LogP contribution is -2.55. The largest absolute Gasteiger partial charge is 0.405 e. The lowest BCUT2D eigenvalue weighted by molar-refractivity contribution is -0.190. The molecule has 0 aromatic rings. The highest BCUT2D eigenvalue weighted by atomic mass is 19.4. The lowest BCUT2D eigenvalue weighted by Gasteiger charge is -2.42. The summed E-state index contributed by atoms with van der Waals surface area (Å²) in [7, 11) is 0. The van der Waals surface area contributed by atoms with Crippen LogP contribution in [0.1, 0.15) is 25.7 Å². The van der Waals surface area contributed by atoms with E-state index in [9.17, 15) is 13.2 Å². The smallest absolute Gasteiger partial charge is 0.315 e. The van der Waals surface area contributed by atoms with E-state index in [1.165, 1.54) is 0 Å². The van der Waals surface area contributed by atoms with E-state index in [0.717, 1.165) is 25.7 Å². The van der Waals surface area contributed by atoms with Crippen molar-refractivity contribution in [1.82, 2.24) is 10.2 Å². The third kappa shape index (κ3) is 2.45. The van der Waals surface area contributed by atoms with Gasteiger partial charge in [-0.05, 0) is 25.8 Å². The van der Waals surface area contributed by atoms with Crippen LogP contribution in [-0.4, -0.2) is 42.8 Å². The maximum atomic E-state index is 12.8. The standard InChI is InChI=1S/C10H17F3N2/c11-10(12,13)9-7-14-5-2-6-15(9)8-3-1-4-8/h8-9,14H,1-7H2. The maximum absolute atomic E-state index is 12.8. The van der Waals surface area contributed by atoms with Crippen molar-refractivity contribution in [3.8, 4) is 0 Å². The van der Waals surface area contributed by atoms with E-state index < -0.39 is 12.2 Å². The van der Waals surface area contributed by atoms with Gasteiger partial charge in [-0.1, -0.05) is 6.42 Å². The maximum Gasteiger partial charge on any atom is 0.405 e. The third-order valence-electron chi connectivity index (χ3n) is 3.43. The second kappa shape index (κ2) is 4.29. The predicted molar refractivity (Wildman–Crippen MR) is 51.7 cm³/mol. The second-order valence-corrected chi connectivity index (χ2v) is 4.44. The zero-order valence-corrected chi connectivity index (χ0v) is 8.69. The summed E-state index contributed by atoms with van der Waals surface area (Å²) in [5.74, 6) is 0. The number of nitrogens with one attached hydrogen (secondary N) is 1. The van der Waals surface area contributed by atoms with Gasteiger partial charge >= 0.3 is 6.18 Å². The van der Waals surface area contributed by atoms with Gasteiger partial charge in [-0.3, -0.25) is 4.90 Å². The molecule has 88 valence electrons. The fraction of sp³-hybridized carbons (Fsp3) is 1.00. The Kier molecular flexibility index (Phi) is 3.21. The summed E-state index contributed by atoms with van der Waals surface area (Å²) in [5.41, 5.74) is 0. The van der Waals surface area contributed by atoms with Crippen molar-refractivity contribution in [3.63, 3.8) is 0 Å². The van der Waals surface area contributed by atoms with Gasteiger partial charge in [0.15, 0.2) is 0 Å². The van der Waals surface area contributed by atoms with E-state index in [1.54, 1.807) is 4.90 Å². The monoisotopic (exact) mass is 222 g/mol. The zero-order valence-electron chi connectivity index (χ0n) is 8.69. The zero-order chi connectivity index (χ0) is 10.9. The molecule has 1 unspecified atom stereocenters. The number of hydrogen-bond acceptors (Lipinski definition) is 2. The second-order valence-electron chi connectivity index (χ2n) is 4.44. The fourth-order valence-electron chi connectivity index (χ4n) is 2.36. The van der Waals surface area contributed by atoms with Crippen molar-refractivity contribution in [3.05, 3.63) is 0 Å². The molecule has 1 atom stereocenters. The number of nitrogens with zero attached hydrogens (tertiary/aromatic N) is 1. The van der Waals surface area contributed by atoms with Crippen molar-refractivity contribution >= 4 is 0 Å². The van der Waals surface area contributed by atoms with Gasteiger partial charge < -0.3 is 5.32 Å². The van der Waals surface area contributed by atoms with Gasteiger partial charge in [0.2, 0.25) is 0 Å². The molecule has 2 aliphatic rings. The SMILES string of the molecule is FC(F)(F)C1CNCCCN1C1CCC1. The molecule has 1 aliphatic carbocycles. The molecule has 5 heteroatoms. The number of alkyl halides is 3. The van der Waals surface area contributed by atoms with Crippen molar-refractivity contribution < 1.29 is 13.2 Å². The summed E-state index contributed by atoms with van der Waals surface area (Å²) < 4.78 is 38.4. The highest BCUT2D eigenvalue weighted by Crippen LogP contribution is 2.33. The lowest BCUT2D eigenvalue weighted by atomic mass is 9.90. The minimum atomic E-state index is -4.09. The quantitative estimate of drug-likeness (QED) is 0.727. The first-order valence-corrected chi connectivity index (χ1v) is 5.62. The minimum Gasteiger partial charge on any atom is -0.315 e. The molecule has 2 nitrogen and oxygen atoms in total. The Balaban J connectivity index is 2.06. The van der Waals surface area contributed by atoms with Crippen LogP contribution in [0.15, 0.2) is 0 Å². The first-order valence-electron chi connectivity index (χ1n) is 5.62. The van der Waals surface area contributed by atoms with Gasteiger partial charge in [-0.15, -0.1) is 0 Å². The molecule has 0 aromatic heterocycles. The Morgan fingerprint density at radius 3 is 2.40 bits per heavy atom. The molecule has 2 fully saturated rings. The van der Waals surface area contributed by atoms with Gasteiger partial charge in [0.1, 0.15) is 6.04 Å². The van der Waals surface area contributed by atoms with Gasteiger partial charge in [0, 0.05) is 19.1 Å². The molecular formula is C10H17F3N2. The summed E-state index contributed by atoms with van der Waals surface area (Å²) in [4.78, 5) is 1.67. The molecular weight excluding hydrogens is 205 g/mol. The fourth-order valence-corrected chi connectivity index (χ4v) is 2.36. The summed E-state index contributed by atoms with van der Waals surface area (Å²) >= 11 is 0. The average Bonchev–Trinajstić information content (AvgIpc) is 2.25. The molecule has 1 saturated carbocycles. The molecule has 1 aliphatic heterocycles. The van der Waals surface area contributed by atoms with E-state index in [1.807, 2.05) is 0 Å². The first kappa shape index (κ1) is 11.2. The van der Waals surface area contributed by atoms with Crippen LogP contribution >= 0.6 is 0 Å². The molecule has 2 rings (SSSR count). The van der Waals surface area contributed by atoms with Crippen LogP contribution in [0.2, 0.25) is 0 Å². The highest BCUT2D eigenvalue weighted by Gasteiger charge is 2.46. The van der Waals surface area contributed by atoms with E-state index in [-0.39, 0.29) is 12.6 Å². The van der Waals surface area contributed by atoms with Crippen LogP contribution in [-0.2, 0) is 0 Å². The van der Waals surface area contributed by atoms with Crippen molar-refractivity contribution in [2.24, 2.45) is 0 Å². The Labute approximate surface area is 87.8 Å². The molecule has 1 saturated heterocycles.